The molecular weight excluding hydrogens is 689 g/mol. The summed E-state index contributed by atoms with van der Waals surface area (Å²) in [5, 5.41) is 14.4. The van der Waals surface area contributed by atoms with E-state index in [1.807, 2.05) is 26.0 Å². The van der Waals surface area contributed by atoms with Crippen LogP contribution in [0.25, 0.3) is 0 Å². The lowest BCUT2D eigenvalue weighted by Gasteiger charge is -2.59. The van der Waals surface area contributed by atoms with Gasteiger partial charge in [0, 0.05) is 23.3 Å². The van der Waals surface area contributed by atoms with E-state index in [2.05, 4.69) is 25.7 Å². The van der Waals surface area contributed by atoms with Gasteiger partial charge in [-0.25, -0.2) is 9.36 Å². The van der Waals surface area contributed by atoms with Crippen LogP contribution in [0.5, 0.6) is 0 Å². The monoisotopic (exact) mass is 747 g/mol. The zero-order valence-corrected chi connectivity index (χ0v) is 32.0. The van der Waals surface area contributed by atoms with Crippen LogP contribution in [0.3, 0.4) is 0 Å². The highest BCUT2D eigenvalue weighted by Gasteiger charge is 2.75. The van der Waals surface area contributed by atoms with Gasteiger partial charge in [0.2, 0.25) is 0 Å². The molecule has 0 spiro atoms. The van der Waals surface area contributed by atoms with Crippen molar-refractivity contribution < 1.29 is 52.2 Å². The number of alkyl carbamates (subject to hydrolysis) is 1. The Morgan fingerprint density at radius 1 is 1.13 bits per heavy atom. The highest BCUT2D eigenvalue weighted by molar-refractivity contribution is 7.47. The Morgan fingerprint density at radius 2 is 1.88 bits per heavy atom. The highest BCUT2D eigenvalue weighted by Crippen LogP contribution is 2.70. The molecule has 12 nitrogen and oxygen atoms in total. The molecule has 5 aliphatic carbocycles. The van der Waals surface area contributed by atoms with Crippen molar-refractivity contribution in [2.45, 2.75) is 116 Å². The molecule has 3 N–H and O–H groups in total. The number of fused-ring (bicyclic) bond motifs is 7. The molecule has 5 fully saturated rings. The van der Waals surface area contributed by atoms with Gasteiger partial charge in [-0.2, -0.15) is 0 Å². The van der Waals surface area contributed by atoms with E-state index in [1.165, 1.54) is 0 Å². The molecule has 1 saturated heterocycles. The van der Waals surface area contributed by atoms with E-state index in [-0.39, 0.29) is 43.1 Å². The third-order valence-corrected chi connectivity index (χ3v) is 14.4. The van der Waals surface area contributed by atoms with Crippen LogP contribution in [0.1, 0.15) is 91.9 Å². The van der Waals surface area contributed by atoms with Gasteiger partial charge < -0.3 is 29.5 Å². The van der Waals surface area contributed by atoms with Crippen molar-refractivity contribution in [1.82, 2.24) is 5.32 Å². The number of nitrogens with one attached hydrogen (secondary N) is 1. The van der Waals surface area contributed by atoms with E-state index in [9.17, 15) is 28.9 Å². The number of carbonyl (C=O) groups is 3. The Kier molecular flexibility index (Phi) is 11.8. The number of ketones is 2. The number of aliphatic hydroxyl groups is 1. The molecule has 52 heavy (non-hydrogen) atoms. The fraction of sp³-hybridized carbons (Fsp3) is 0.769. The van der Waals surface area contributed by atoms with Crippen LogP contribution in [0.2, 0.25) is 0 Å². The van der Waals surface area contributed by atoms with Crippen LogP contribution in [0.4, 0.5) is 4.79 Å². The summed E-state index contributed by atoms with van der Waals surface area (Å²) < 4.78 is 41.7. The maximum absolute atomic E-state index is 14.4. The second-order valence-corrected chi connectivity index (χ2v) is 17.8. The molecule has 0 bridgehead atoms. The van der Waals surface area contributed by atoms with E-state index in [4.69, 9.17) is 23.3 Å². The summed E-state index contributed by atoms with van der Waals surface area (Å²) in [5.41, 5.74) is -1.78. The number of phosphoric ester groups is 1. The van der Waals surface area contributed by atoms with Crippen LogP contribution in [0.15, 0.2) is 36.5 Å². The summed E-state index contributed by atoms with van der Waals surface area (Å²) in [6.07, 6.45) is 12.3. The largest absolute Gasteiger partial charge is 0.472 e. The van der Waals surface area contributed by atoms with Crippen molar-refractivity contribution in [2.24, 2.45) is 46.3 Å². The molecule has 5 unspecified atom stereocenters. The third-order valence-electron chi connectivity index (χ3n) is 13.5. The van der Waals surface area contributed by atoms with Crippen LogP contribution in [0, 0.1) is 46.3 Å². The molecule has 0 aromatic carbocycles. The predicted molar refractivity (Wildman–Crippen MR) is 192 cm³/mol. The predicted octanol–water partition coefficient (Wildman–Crippen LogP) is 6.21. The first kappa shape index (κ1) is 39.5. The first-order chi connectivity index (χ1) is 24.7. The van der Waals surface area contributed by atoms with Crippen molar-refractivity contribution in [3.05, 3.63) is 36.5 Å². The van der Waals surface area contributed by atoms with Crippen molar-refractivity contribution in [3.8, 4) is 0 Å². The number of hydrogen-bond acceptors (Lipinski definition) is 10. The number of carbonyl (C=O) groups excluding carboxylic acids is 3. The van der Waals surface area contributed by atoms with Crippen LogP contribution >= 0.6 is 7.82 Å². The Morgan fingerprint density at radius 3 is 2.62 bits per heavy atom. The van der Waals surface area contributed by atoms with Crippen molar-refractivity contribution in [1.29, 1.82) is 0 Å². The fourth-order valence-corrected chi connectivity index (χ4v) is 11.8. The second kappa shape index (κ2) is 15.5. The lowest BCUT2D eigenvalue weighted by atomic mass is 9.46. The fourth-order valence-electron chi connectivity index (χ4n) is 11.1. The molecule has 6 rings (SSSR count). The Balaban J connectivity index is 1.05. The minimum absolute atomic E-state index is 0.0358. The van der Waals surface area contributed by atoms with Gasteiger partial charge in [-0.3, -0.25) is 18.6 Å². The van der Waals surface area contributed by atoms with Crippen LogP contribution in [-0.4, -0.2) is 78.1 Å². The van der Waals surface area contributed by atoms with Crippen molar-refractivity contribution >= 4 is 25.5 Å². The first-order valence-electron chi connectivity index (χ1n) is 19.4. The number of hydrogen-bond donors (Lipinski definition) is 3. The Bertz CT molecular complexity index is 1500. The van der Waals surface area contributed by atoms with Gasteiger partial charge in [0.05, 0.1) is 25.4 Å². The van der Waals surface area contributed by atoms with E-state index in [0.29, 0.717) is 37.2 Å². The lowest BCUT2D eigenvalue weighted by Crippen LogP contribution is -2.63. The molecule has 4 saturated carbocycles. The summed E-state index contributed by atoms with van der Waals surface area (Å²) in [5.74, 6) is 0.709. The number of aliphatic hydroxyl groups excluding tert-OH is 1. The SMILES string of the molecule is C=CCCC1C(CCC)C1COC(=O)NCCOP(=O)(O)OCC(=O)[C@@]12OC(CCC)O[C@@H]1C[C@H]1[C@@H]3CCC4=CC(=O)C=C[C@]4(C)[C@H]3[C@@H](O)C[C@@]12C. The van der Waals surface area contributed by atoms with Gasteiger partial charge in [-0.15, -0.1) is 6.58 Å². The van der Waals surface area contributed by atoms with Crippen molar-refractivity contribution in [3.63, 3.8) is 0 Å². The number of rotatable bonds is 17. The van der Waals surface area contributed by atoms with E-state index in [0.717, 1.165) is 50.5 Å². The summed E-state index contributed by atoms with van der Waals surface area (Å²) in [6.45, 7) is 11.2. The molecule has 6 aliphatic rings. The molecule has 13 atom stereocenters. The third kappa shape index (κ3) is 7.18. The van der Waals surface area contributed by atoms with E-state index >= 15 is 0 Å². The average Bonchev–Trinajstić information content (AvgIpc) is 3.50. The Labute approximate surface area is 307 Å². The lowest BCUT2D eigenvalue weighted by molar-refractivity contribution is -0.200. The zero-order chi connectivity index (χ0) is 37.5. The highest BCUT2D eigenvalue weighted by atomic mass is 31.2. The summed E-state index contributed by atoms with van der Waals surface area (Å²) in [7, 11) is -4.70. The van der Waals surface area contributed by atoms with Gasteiger partial charge in [0.1, 0.15) is 6.61 Å². The molecule has 0 aromatic rings. The summed E-state index contributed by atoms with van der Waals surface area (Å²) >= 11 is 0. The number of phosphoric acid groups is 1. The molecule has 1 aliphatic heterocycles. The summed E-state index contributed by atoms with van der Waals surface area (Å²) in [4.78, 5) is 49.4. The van der Waals surface area contributed by atoms with E-state index in [1.54, 1.807) is 12.2 Å². The van der Waals surface area contributed by atoms with Crippen LogP contribution < -0.4 is 5.32 Å². The minimum atomic E-state index is -4.70. The summed E-state index contributed by atoms with van der Waals surface area (Å²) in [6, 6.07) is 0. The topological polar surface area (TPSA) is 167 Å². The number of ether oxygens (including phenoxy) is 3. The van der Waals surface area contributed by atoms with Crippen LogP contribution in [-0.2, 0) is 37.4 Å². The standard InChI is InChI=1S/C39H58NO11P/c1-6-9-12-27-26(10-7-2)29(27)22-47-36(44)40-17-18-48-52(45,46)49-23-32(43)39-33(50-34(51-39)11-8-3)20-30-28-14-13-24-19-25(41)15-16-37(24,4)35(28)31(42)21-38(30,39)5/h6,15-16,19,26-31,33-35,42H,1,7-14,17-18,20-23H2,2-5H3,(H,40,44)(H,45,46)/t26?,27?,28-,29?,30-,31-,33+,34?,35+,37-,38-,39+/m0/s1. The molecule has 0 aromatic heterocycles. The van der Waals surface area contributed by atoms with Gasteiger partial charge in [0.15, 0.2) is 23.5 Å². The van der Waals surface area contributed by atoms with Gasteiger partial charge in [-0.1, -0.05) is 64.7 Å². The van der Waals surface area contributed by atoms with E-state index < -0.39 is 61.2 Å². The van der Waals surface area contributed by atoms with Gasteiger partial charge in [0.25, 0.3) is 0 Å². The smallest absolute Gasteiger partial charge is 0.449 e. The molecular formula is C39H58NO11P. The van der Waals surface area contributed by atoms with Gasteiger partial charge in [-0.05, 0) is 86.7 Å². The number of allylic oxidation sites excluding steroid dienone is 5. The zero-order valence-electron chi connectivity index (χ0n) is 31.1. The number of amides is 1. The molecule has 1 heterocycles. The average molecular weight is 748 g/mol. The first-order valence-corrected chi connectivity index (χ1v) is 20.9. The molecule has 290 valence electrons. The maximum Gasteiger partial charge on any atom is 0.472 e. The van der Waals surface area contributed by atoms with Gasteiger partial charge >= 0.3 is 13.9 Å². The Hall–Kier alpha value is -2.18. The van der Waals surface area contributed by atoms with Crippen molar-refractivity contribution in [2.75, 3.05) is 26.4 Å². The molecule has 1 amide bonds. The quantitative estimate of drug-likeness (QED) is 0.0879. The maximum atomic E-state index is 14.4. The molecule has 13 heteroatoms. The second-order valence-electron chi connectivity index (χ2n) is 16.3. The molecule has 0 radical (unpaired) electrons. The normalized spacial score (nSPS) is 41.2. The number of Topliss-reactive ketones (excluding diaryl/α,β-unsaturated/α-hetero) is 1. The minimum Gasteiger partial charge on any atom is -0.449 e.